The molecule has 2 aromatic rings. The first-order chi connectivity index (χ1) is 12.6. The SMILES string of the molecule is CCN1CCN(C(c2ccc(Cl)cc2)C2Sc3nc(C)nn3C2=O)CC1. The zero-order valence-corrected chi connectivity index (χ0v) is 16.5. The second-order valence-corrected chi connectivity index (χ2v) is 8.24. The van der Waals surface area contributed by atoms with Crippen LogP contribution in [0.15, 0.2) is 29.4 Å². The lowest BCUT2D eigenvalue weighted by atomic mass is 10.00. The van der Waals surface area contributed by atoms with Crippen molar-refractivity contribution in [3.63, 3.8) is 0 Å². The van der Waals surface area contributed by atoms with Crippen molar-refractivity contribution >= 4 is 29.3 Å². The van der Waals surface area contributed by atoms with E-state index >= 15 is 0 Å². The Morgan fingerprint density at radius 2 is 1.92 bits per heavy atom. The van der Waals surface area contributed by atoms with E-state index in [1.165, 1.54) is 16.4 Å². The molecule has 138 valence electrons. The molecule has 0 bridgehead atoms. The standard InChI is InChI=1S/C18H22ClN5OS/c1-3-22-8-10-23(11-9-22)15(13-4-6-14(19)7-5-13)16-17(25)24-18(26-16)20-12(2)21-24/h4-7,15-16H,3,8-11H2,1-2H3. The number of likely N-dealkylation sites (N-methyl/N-ethyl adjacent to an activating group) is 1. The van der Waals surface area contributed by atoms with Crippen molar-refractivity contribution in [2.75, 3.05) is 32.7 Å². The monoisotopic (exact) mass is 391 g/mol. The lowest BCUT2D eigenvalue weighted by molar-refractivity contribution is 0.0739. The minimum atomic E-state index is -0.236. The van der Waals surface area contributed by atoms with E-state index in [4.69, 9.17) is 11.6 Å². The number of halogens is 1. The van der Waals surface area contributed by atoms with E-state index in [-0.39, 0.29) is 17.2 Å². The molecule has 4 rings (SSSR count). The van der Waals surface area contributed by atoms with Crippen LogP contribution in [0.1, 0.15) is 29.1 Å². The van der Waals surface area contributed by atoms with Gasteiger partial charge in [0.1, 0.15) is 11.1 Å². The summed E-state index contributed by atoms with van der Waals surface area (Å²) in [6.07, 6.45) is 0. The van der Waals surface area contributed by atoms with Crippen molar-refractivity contribution in [1.82, 2.24) is 24.6 Å². The Bertz CT molecular complexity index is 800. The molecule has 0 amide bonds. The predicted molar refractivity (Wildman–Crippen MR) is 103 cm³/mol. The minimum absolute atomic E-state index is 0.00687. The fourth-order valence-electron chi connectivity index (χ4n) is 3.69. The van der Waals surface area contributed by atoms with Gasteiger partial charge in [-0.05, 0) is 31.2 Å². The summed E-state index contributed by atoms with van der Waals surface area (Å²) < 4.78 is 1.47. The second-order valence-electron chi connectivity index (χ2n) is 6.70. The molecular formula is C18H22ClN5OS. The molecule has 0 aliphatic carbocycles. The van der Waals surface area contributed by atoms with E-state index in [0.717, 1.165) is 38.3 Å². The highest BCUT2D eigenvalue weighted by atomic mass is 35.5. The zero-order chi connectivity index (χ0) is 18.3. The molecule has 2 aliphatic heterocycles. The van der Waals surface area contributed by atoms with Crippen molar-refractivity contribution < 1.29 is 4.79 Å². The average molecular weight is 392 g/mol. The second kappa shape index (κ2) is 7.31. The van der Waals surface area contributed by atoms with Crippen LogP contribution in [0.3, 0.4) is 0 Å². The van der Waals surface area contributed by atoms with E-state index in [2.05, 4.69) is 26.8 Å². The van der Waals surface area contributed by atoms with Gasteiger partial charge in [0.05, 0.1) is 6.04 Å². The Hall–Kier alpha value is -1.41. The molecule has 2 unspecified atom stereocenters. The number of carbonyl (C=O) groups is 1. The van der Waals surface area contributed by atoms with E-state index in [9.17, 15) is 4.79 Å². The molecule has 0 radical (unpaired) electrons. The molecule has 1 aromatic heterocycles. The first-order valence-electron chi connectivity index (χ1n) is 8.93. The van der Waals surface area contributed by atoms with Crippen LogP contribution < -0.4 is 0 Å². The summed E-state index contributed by atoms with van der Waals surface area (Å²) in [6.45, 7) is 9.00. The Morgan fingerprint density at radius 1 is 1.23 bits per heavy atom. The van der Waals surface area contributed by atoms with E-state index in [1.807, 2.05) is 31.2 Å². The van der Waals surface area contributed by atoms with Crippen molar-refractivity contribution in [3.05, 3.63) is 40.7 Å². The van der Waals surface area contributed by atoms with Crippen molar-refractivity contribution in [2.24, 2.45) is 0 Å². The Kier molecular flexibility index (Phi) is 5.05. The highest BCUT2D eigenvalue weighted by molar-refractivity contribution is 8.00. The number of hydrogen-bond donors (Lipinski definition) is 0. The van der Waals surface area contributed by atoms with Gasteiger partial charge in [-0.15, -0.1) is 5.10 Å². The highest BCUT2D eigenvalue weighted by Gasteiger charge is 2.43. The molecule has 0 spiro atoms. The Morgan fingerprint density at radius 3 is 2.54 bits per heavy atom. The molecule has 1 aromatic carbocycles. The lowest BCUT2D eigenvalue weighted by Crippen LogP contribution is -2.50. The number of rotatable bonds is 4. The fourth-order valence-corrected chi connectivity index (χ4v) is 5.12. The normalized spacial score (nSPS) is 22.6. The molecular weight excluding hydrogens is 370 g/mol. The van der Waals surface area contributed by atoms with Crippen LogP contribution in [-0.4, -0.2) is 68.4 Å². The first-order valence-corrected chi connectivity index (χ1v) is 10.2. The highest BCUT2D eigenvalue weighted by Crippen LogP contribution is 2.41. The molecule has 6 nitrogen and oxygen atoms in total. The fraction of sp³-hybridized carbons (Fsp3) is 0.500. The summed E-state index contributed by atoms with van der Waals surface area (Å²) in [7, 11) is 0. The topological polar surface area (TPSA) is 54.3 Å². The maximum absolute atomic E-state index is 13.0. The van der Waals surface area contributed by atoms with Crippen LogP contribution >= 0.6 is 23.4 Å². The third kappa shape index (κ3) is 3.29. The summed E-state index contributed by atoms with van der Waals surface area (Å²) in [5.41, 5.74) is 1.12. The summed E-state index contributed by atoms with van der Waals surface area (Å²) >= 11 is 7.61. The molecule has 26 heavy (non-hydrogen) atoms. The third-order valence-electron chi connectivity index (χ3n) is 5.11. The number of piperazine rings is 1. The average Bonchev–Trinajstić information content (AvgIpc) is 3.15. The largest absolute Gasteiger partial charge is 0.301 e. The minimum Gasteiger partial charge on any atom is -0.301 e. The van der Waals surface area contributed by atoms with Crippen LogP contribution in [0.2, 0.25) is 5.02 Å². The number of hydrogen-bond acceptors (Lipinski definition) is 6. The van der Waals surface area contributed by atoms with Gasteiger partial charge >= 0.3 is 0 Å². The Labute approximate surface area is 162 Å². The van der Waals surface area contributed by atoms with Gasteiger partial charge in [0.25, 0.3) is 5.91 Å². The van der Waals surface area contributed by atoms with Crippen molar-refractivity contribution in [3.8, 4) is 0 Å². The van der Waals surface area contributed by atoms with Crippen LogP contribution in [0.5, 0.6) is 0 Å². The van der Waals surface area contributed by atoms with E-state index in [1.54, 1.807) is 0 Å². The van der Waals surface area contributed by atoms with Gasteiger partial charge in [0.15, 0.2) is 5.16 Å². The number of benzene rings is 1. The number of thioether (sulfide) groups is 1. The first kappa shape index (κ1) is 18.0. The molecule has 0 N–H and O–H groups in total. The van der Waals surface area contributed by atoms with Gasteiger partial charge in [0, 0.05) is 31.2 Å². The van der Waals surface area contributed by atoms with Crippen LogP contribution in [0.25, 0.3) is 0 Å². The van der Waals surface area contributed by atoms with E-state index in [0.29, 0.717) is 16.0 Å². The Balaban J connectivity index is 1.64. The summed E-state index contributed by atoms with van der Waals surface area (Å²) in [4.78, 5) is 22.3. The van der Waals surface area contributed by atoms with Gasteiger partial charge in [-0.2, -0.15) is 4.68 Å². The quantitative estimate of drug-likeness (QED) is 0.798. The number of carbonyl (C=O) groups excluding carboxylic acids is 1. The van der Waals surface area contributed by atoms with Gasteiger partial charge < -0.3 is 4.90 Å². The molecule has 1 saturated heterocycles. The smallest absolute Gasteiger partial charge is 0.264 e. The summed E-state index contributed by atoms with van der Waals surface area (Å²) in [6, 6.07) is 7.86. The zero-order valence-electron chi connectivity index (χ0n) is 14.9. The van der Waals surface area contributed by atoms with Crippen LogP contribution in [0, 0.1) is 6.92 Å². The summed E-state index contributed by atoms with van der Waals surface area (Å²) in [5, 5.41) is 5.44. The van der Waals surface area contributed by atoms with Crippen molar-refractivity contribution in [2.45, 2.75) is 30.3 Å². The predicted octanol–water partition coefficient (Wildman–Crippen LogP) is 2.73. The number of fused-ring (bicyclic) bond motifs is 1. The molecule has 2 aliphatic rings. The van der Waals surface area contributed by atoms with Gasteiger partial charge in [-0.1, -0.05) is 42.4 Å². The summed E-state index contributed by atoms with van der Waals surface area (Å²) in [5.74, 6) is 0.655. The van der Waals surface area contributed by atoms with E-state index < -0.39 is 0 Å². The molecule has 2 atom stereocenters. The van der Waals surface area contributed by atoms with Gasteiger partial charge in [-0.25, -0.2) is 4.98 Å². The van der Waals surface area contributed by atoms with Crippen molar-refractivity contribution in [1.29, 1.82) is 0 Å². The number of aromatic nitrogens is 3. The molecule has 8 heteroatoms. The van der Waals surface area contributed by atoms with Crippen LogP contribution in [0.4, 0.5) is 0 Å². The van der Waals surface area contributed by atoms with Crippen LogP contribution in [-0.2, 0) is 0 Å². The lowest BCUT2D eigenvalue weighted by Gasteiger charge is -2.40. The number of aryl methyl sites for hydroxylation is 1. The third-order valence-corrected chi connectivity index (χ3v) is 6.55. The van der Waals surface area contributed by atoms with Gasteiger partial charge in [0.2, 0.25) is 0 Å². The maximum atomic E-state index is 13.0. The maximum Gasteiger partial charge on any atom is 0.264 e. The molecule has 1 fully saturated rings. The molecule has 3 heterocycles. The van der Waals surface area contributed by atoms with Gasteiger partial charge in [-0.3, -0.25) is 9.69 Å². The number of nitrogens with zero attached hydrogens (tertiary/aromatic N) is 5. The molecule has 0 saturated carbocycles.